The van der Waals surface area contributed by atoms with Crippen molar-refractivity contribution in [3.63, 3.8) is 0 Å². The van der Waals surface area contributed by atoms with Crippen LogP contribution in [-0.2, 0) is 6.42 Å². The Bertz CT molecular complexity index is 835. The molecule has 188 valence electrons. The largest absolute Gasteiger partial charge is 0.203 e. The van der Waals surface area contributed by atoms with Crippen molar-refractivity contribution >= 4 is 5.57 Å². The van der Waals surface area contributed by atoms with Crippen molar-refractivity contribution in [3.05, 3.63) is 53.1 Å². The molecule has 3 aliphatic rings. The van der Waals surface area contributed by atoms with E-state index in [-0.39, 0.29) is 0 Å². The fourth-order valence-corrected chi connectivity index (χ4v) is 6.94. The maximum absolute atomic E-state index is 15.0. The molecule has 1 unspecified atom stereocenters. The summed E-state index contributed by atoms with van der Waals surface area (Å²) >= 11 is 0. The number of halogens is 2. The molecule has 1 aromatic rings. The van der Waals surface area contributed by atoms with Crippen LogP contribution in [0.3, 0.4) is 0 Å². The topological polar surface area (TPSA) is 0 Å². The SMILES string of the molecule is CCC1CCC(C=CCCc2ccc(C3=CCC(C4CCC(CC)CC4)CC3)c(F)c2F)CC1. The van der Waals surface area contributed by atoms with Crippen LogP contribution < -0.4 is 0 Å². The molecule has 0 saturated heterocycles. The Hall–Kier alpha value is -1.44. The summed E-state index contributed by atoms with van der Waals surface area (Å²) < 4.78 is 29.9. The van der Waals surface area contributed by atoms with Crippen LogP contribution in [0.1, 0.15) is 115 Å². The quantitative estimate of drug-likeness (QED) is 0.333. The van der Waals surface area contributed by atoms with Gasteiger partial charge in [0.2, 0.25) is 0 Å². The van der Waals surface area contributed by atoms with Gasteiger partial charge in [0.15, 0.2) is 11.6 Å². The molecule has 0 bridgehead atoms. The number of hydrogen-bond donors (Lipinski definition) is 0. The highest BCUT2D eigenvalue weighted by molar-refractivity contribution is 5.67. The fourth-order valence-electron chi connectivity index (χ4n) is 6.94. The molecule has 2 fully saturated rings. The van der Waals surface area contributed by atoms with E-state index in [1.165, 1.54) is 64.2 Å². The van der Waals surface area contributed by atoms with Gasteiger partial charge in [0.05, 0.1) is 0 Å². The number of benzene rings is 1. The van der Waals surface area contributed by atoms with Gasteiger partial charge in [0, 0.05) is 5.56 Å². The Kier molecular flexibility index (Phi) is 9.43. The predicted octanol–water partition coefficient (Wildman–Crippen LogP) is 10.1. The van der Waals surface area contributed by atoms with E-state index in [9.17, 15) is 4.39 Å². The summed E-state index contributed by atoms with van der Waals surface area (Å²) in [5, 5.41) is 0. The maximum Gasteiger partial charge on any atom is 0.166 e. The second-order valence-electron chi connectivity index (χ2n) is 11.5. The van der Waals surface area contributed by atoms with Gasteiger partial charge in [-0.1, -0.05) is 69.9 Å². The van der Waals surface area contributed by atoms with Gasteiger partial charge in [-0.25, -0.2) is 8.78 Å². The summed E-state index contributed by atoms with van der Waals surface area (Å²) in [6, 6.07) is 3.66. The van der Waals surface area contributed by atoms with Crippen molar-refractivity contribution in [3.8, 4) is 0 Å². The zero-order valence-corrected chi connectivity index (χ0v) is 21.6. The van der Waals surface area contributed by atoms with Gasteiger partial charge < -0.3 is 0 Å². The first-order valence-corrected chi connectivity index (χ1v) is 14.4. The van der Waals surface area contributed by atoms with Crippen molar-refractivity contribution in [2.75, 3.05) is 0 Å². The van der Waals surface area contributed by atoms with Gasteiger partial charge in [0.1, 0.15) is 0 Å². The number of allylic oxidation sites excluding steroid dienone is 4. The summed E-state index contributed by atoms with van der Waals surface area (Å²) in [5.74, 6) is 2.82. The lowest BCUT2D eigenvalue weighted by atomic mass is 9.70. The van der Waals surface area contributed by atoms with Crippen LogP contribution >= 0.6 is 0 Å². The molecule has 0 N–H and O–H groups in total. The lowest BCUT2D eigenvalue weighted by Crippen LogP contribution is -2.23. The molecule has 4 rings (SSSR count). The maximum atomic E-state index is 15.0. The third kappa shape index (κ3) is 6.41. The summed E-state index contributed by atoms with van der Waals surface area (Å²) in [6.07, 6.45) is 24.5. The van der Waals surface area contributed by atoms with E-state index in [1.807, 2.05) is 12.1 Å². The monoisotopic (exact) mass is 468 g/mol. The second-order valence-corrected chi connectivity index (χ2v) is 11.5. The van der Waals surface area contributed by atoms with Gasteiger partial charge in [0.25, 0.3) is 0 Å². The van der Waals surface area contributed by atoms with Crippen molar-refractivity contribution in [1.82, 2.24) is 0 Å². The molecule has 3 aliphatic carbocycles. The van der Waals surface area contributed by atoms with Crippen LogP contribution in [0, 0.1) is 41.2 Å². The normalized spacial score (nSPS) is 30.5. The van der Waals surface area contributed by atoms with E-state index in [0.29, 0.717) is 23.5 Å². The Balaban J connectivity index is 1.29. The first-order chi connectivity index (χ1) is 16.6. The summed E-state index contributed by atoms with van der Waals surface area (Å²) in [7, 11) is 0. The fraction of sp³-hybridized carbons (Fsp3) is 0.688. The Labute approximate surface area is 207 Å². The van der Waals surface area contributed by atoms with Crippen LogP contribution in [0.5, 0.6) is 0 Å². The average Bonchev–Trinajstić information content (AvgIpc) is 2.89. The van der Waals surface area contributed by atoms with Gasteiger partial charge in [-0.2, -0.15) is 0 Å². The first kappa shape index (κ1) is 25.6. The van der Waals surface area contributed by atoms with Crippen LogP contribution in [0.4, 0.5) is 8.78 Å². The van der Waals surface area contributed by atoms with E-state index in [0.717, 1.165) is 54.9 Å². The molecule has 0 heterocycles. The number of aryl methyl sites for hydroxylation is 1. The van der Waals surface area contributed by atoms with Gasteiger partial charge in [-0.3, -0.25) is 0 Å². The van der Waals surface area contributed by atoms with Crippen molar-refractivity contribution in [2.45, 2.75) is 110 Å². The molecule has 34 heavy (non-hydrogen) atoms. The minimum absolute atomic E-state index is 0.498. The van der Waals surface area contributed by atoms with E-state index in [2.05, 4.69) is 32.1 Å². The summed E-state index contributed by atoms with van der Waals surface area (Å²) in [4.78, 5) is 0. The molecule has 1 aromatic carbocycles. The molecule has 2 heteroatoms. The van der Waals surface area contributed by atoms with Gasteiger partial charge in [-0.05, 0) is 111 Å². The minimum Gasteiger partial charge on any atom is -0.203 e. The van der Waals surface area contributed by atoms with Crippen molar-refractivity contribution in [1.29, 1.82) is 0 Å². The molecule has 0 amide bonds. The molecule has 0 aliphatic heterocycles. The molecule has 0 aromatic heterocycles. The Morgan fingerprint density at radius 2 is 1.47 bits per heavy atom. The van der Waals surface area contributed by atoms with E-state index < -0.39 is 11.6 Å². The van der Waals surface area contributed by atoms with Crippen molar-refractivity contribution < 1.29 is 8.78 Å². The van der Waals surface area contributed by atoms with Crippen LogP contribution in [-0.4, -0.2) is 0 Å². The molecule has 1 atom stereocenters. The minimum atomic E-state index is -0.632. The van der Waals surface area contributed by atoms with Crippen LogP contribution in [0.15, 0.2) is 30.4 Å². The Morgan fingerprint density at radius 3 is 2.09 bits per heavy atom. The second kappa shape index (κ2) is 12.5. The van der Waals surface area contributed by atoms with E-state index in [1.54, 1.807) is 0 Å². The zero-order valence-electron chi connectivity index (χ0n) is 21.6. The van der Waals surface area contributed by atoms with Crippen molar-refractivity contribution in [2.24, 2.45) is 29.6 Å². The number of rotatable bonds is 8. The summed E-state index contributed by atoms with van der Waals surface area (Å²) in [6.45, 7) is 4.61. The zero-order chi connectivity index (χ0) is 23.9. The van der Waals surface area contributed by atoms with Gasteiger partial charge in [-0.15, -0.1) is 0 Å². The lowest BCUT2D eigenvalue weighted by Gasteiger charge is -2.35. The number of hydrogen-bond acceptors (Lipinski definition) is 0. The highest BCUT2D eigenvalue weighted by Crippen LogP contribution is 2.42. The third-order valence-electron chi connectivity index (χ3n) is 9.55. The molecule has 2 saturated carbocycles. The van der Waals surface area contributed by atoms with E-state index in [4.69, 9.17) is 0 Å². The van der Waals surface area contributed by atoms with Crippen LogP contribution in [0.25, 0.3) is 5.57 Å². The highest BCUT2D eigenvalue weighted by atomic mass is 19.2. The molecular formula is C32H46F2. The standard InChI is InChI=1S/C32H46F2/c1-3-23-9-11-25(12-10-23)7-5-6-8-29-21-22-30(32(34)31(29)33)28-19-17-27(18-20-28)26-15-13-24(4-2)14-16-26/h5,7,19,21-27H,3-4,6,8-18,20H2,1-2H3. The summed E-state index contributed by atoms with van der Waals surface area (Å²) in [5.41, 5.74) is 2.03. The lowest BCUT2D eigenvalue weighted by molar-refractivity contribution is 0.192. The molecular weight excluding hydrogens is 422 g/mol. The highest BCUT2D eigenvalue weighted by Gasteiger charge is 2.29. The third-order valence-corrected chi connectivity index (χ3v) is 9.55. The molecule has 0 nitrogen and oxygen atoms in total. The average molecular weight is 469 g/mol. The van der Waals surface area contributed by atoms with Crippen LogP contribution in [0.2, 0.25) is 0 Å². The van der Waals surface area contributed by atoms with E-state index >= 15 is 4.39 Å². The first-order valence-electron chi connectivity index (χ1n) is 14.4. The Morgan fingerprint density at radius 1 is 0.794 bits per heavy atom. The molecule has 0 radical (unpaired) electrons. The smallest absolute Gasteiger partial charge is 0.166 e. The molecule has 0 spiro atoms. The van der Waals surface area contributed by atoms with Gasteiger partial charge >= 0.3 is 0 Å². The predicted molar refractivity (Wildman–Crippen MR) is 141 cm³/mol.